The molecule has 1 aliphatic heterocycles. The van der Waals surface area contributed by atoms with E-state index in [0.29, 0.717) is 15.5 Å². The molecule has 3 fully saturated rings. The van der Waals surface area contributed by atoms with Gasteiger partial charge in [-0.2, -0.15) is 5.10 Å². The highest BCUT2D eigenvalue weighted by Crippen LogP contribution is 2.52. The lowest BCUT2D eigenvalue weighted by atomic mass is 9.58. The molecule has 1 saturated heterocycles. The molecule has 6 rings (SSSR count). The second kappa shape index (κ2) is 12.8. The van der Waals surface area contributed by atoms with Crippen LogP contribution < -0.4 is 0 Å². The first kappa shape index (κ1) is 30.5. The number of hydrogen-bond donors (Lipinski definition) is 0. The van der Waals surface area contributed by atoms with Crippen LogP contribution in [0.4, 0.5) is 0 Å². The van der Waals surface area contributed by atoms with Gasteiger partial charge in [-0.05, 0) is 105 Å². The quantitative estimate of drug-likeness (QED) is 0.249. The fourth-order valence-corrected chi connectivity index (χ4v) is 9.15. The van der Waals surface area contributed by atoms with Crippen LogP contribution >= 0.6 is 34.8 Å². The maximum Gasteiger partial charge on any atom is 0.0840 e. The lowest BCUT2D eigenvalue weighted by molar-refractivity contribution is -0.00488. The zero-order chi connectivity index (χ0) is 29.4. The molecular formula is C35H45Cl3N4. The van der Waals surface area contributed by atoms with Crippen LogP contribution in [0.15, 0.2) is 42.5 Å². The Labute approximate surface area is 267 Å². The summed E-state index contributed by atoms with van der Waals surface area (Å²) in [6.07, 6.45) is 9.59. The van der Waals surface area contributed by atoms with E-state index < -0.39 is 0 Å². The van der Waals surface area contributed by atoms with Gasteiger partial charge in [-0.3, -0.25) is 0 Å². The second-order valence-electron chi connectivity index (χ2n) is 13.6. The smallest absolute Gasteiger partial charge is 0.0840 e. The van der Waals surface area contributed by atoms with E-state index in [1.165, 1.54) is 63.7 Å². The van der Waals surface area contributed by atoms with Crippen molar-refractivity contribution in [2.45, 2.75) is 65.7 Å². The highest BCUT2D eigenvalue weighted by Gasteiger charge is 2.43. The van der Waals surface area contributed by atoms with E-state index in [1.807, 2.05) is 28.9 Å². The Morgan fingerprint density at radius 3 is 2.14 bits per heavy atom. The third kappa shape index (κ3) is 6.59. The monoisotopic (exact) mass is 626 g/mol. The lowest BCUT2D eigenvalue weighted by Gasteiger charge is -2.51. The fraction of sp³-hybridized carbons (Fsp3) is 0.571. The van der Waals surface area contributed by atoms with E-state index in [0.717, 1.165) is 71.5 Å². The van der Waals surface area contributed by atoms with Gasteiger partial charge >= 0.3 is 0 Å². The summed E-state index contributed by atoms with van der Waals surface area (Å²) in [5.41, 5.74) is 5.79. The second-order valence-corrected chi connectivity index (χ2v) is 14.9. The van der Waals surface area contributed by atoms with Crippen LogP contribution in [-0.4, -0.2) is 58.8 Å². The van der Waals surface area contributed by atoms with Crippen LogP contribution in [0.3, 0.4) is 0 Å². The van der Waals surface area contributed by atoms with E-state index in [-0.39, 0.29) is 0 Å². The summed E-state index contributed by atoms with van der Waals surface area (Å²) in [6.45, 7) is 14.1. The Kier molecular flexibility index (Phi) is 9.29. The Morgan fingerprint density at radius 2 is 1.50 bits per heavy atom. The number of fused-ring (bicyclic) bond motifs is 2. The molecule has 0 radical (unpaired) electrons. The van der Waals surface area contributed by atoms with Crippen LogP contribution in [0, 0.1) is 30.1 Å². The molecule has 1 aromatic heterocycles. The molecule has 2 unspecified atom stereocenters. The molecular weight excluding hydrogens is 583 g/mol. The lowest BCUT2D eigenvalue weighted by Crippen LogP contribution is -2.52. The molecule has 42 heavy (non-hydrogen) atoms. The predicted octanol–water partition coefficient (Wildman–Crippen LogP) is 9.21. The van der Waals surface area contributed by atoms with Crippen molar-refractivity contribution < 1.29 is 0 Å². The molecule has 2 aliphatic carbocycles. The Bertz CT molecular complexity index is 1360. The van der Waals surface area contributed by atoms with E-state index >= 15 is 0 Å². The summed E-state index contributed by atoms with van der Waals surface area (Å²) in [5, 5.41) is 7.04. The van der Waals surface area contributed by atoms with Gasteiger partial charge in [0.2, 0.25) is 0 Å². The highest BCUT2D eigenvalue weighted by molar-refractivity contribution is 6.35. The van der Waals surface area contributed by atoms with Gasteiger partial charge in [0.25, 0.3) is 0 Å². The van der Waals surface area contributed by atoms with Gasteiger partial charge in [0.15, 0.2) is 0 Å². The van der Waals surface area contributed by atoms with Crippen molar-refractivity contribution in [2.75, 3.05) is 39.3 Å². The first-order valence-electron chi connectivity index (χ1n) is 16.0. The molecule has 0 N–H and O–H groups in total. The summed E-state index contributed by atoms with van der Waals surface area (Å²) in [4.78, 5) is 5.41. The molecule has 3 aliphatic rings. The largest absolute Gasteiger partial charge is 0.300 e. The number of aromatic nitrogens is 2. The van der Waals surface area contributed by atoms with Crippen LogP contribution in [0.25, 0.3) is 16.9 Å². The fourth-order valence-electron chi connectivity index (χ4n) is 8.53. The number of nitrogens with zero attached hydrogens (tertiary/aromatic N) is 4. The minimum absolute atomic E-state index is 0.543. The SMILES string of the molecule is CCC1(CN2CCN(CCc3nn(-c4ccc(Cl)cc4Cl)c(-c4ccc(Cl)cc4)c3C)CC2)CC2CC(C)CC(C2)C1. The number of rotatable bonds is 8. The van der Waals surface area contributed by atoms with Crippen LogP contribution in [-0.2, 0) is 6.42 Å². The van der Waals surface area contributed by atoms with E-state index in [4.69, 9.17) is 39.9 Å². The summed E-state index contributed by atoms with van der Waals surface area (Å²) in [5.74, 6) is 2.88. The van der Waals surface area contributed by atoms with Crippen molar-refractivity contribution in [1.82, 2.24) is 19.6 Å². The van der Waals surface area contributed by atoms with E-state index in [2.05, 4.69) is 42.7 Å². The highest BCUT2D eigenvalue weighted by atomic mass is 35.5. The van der Waals surface area contributed by atoms with Crippen LogP contribution in [0.1, 0.15) is 63.6 Å². The Morgan fingerprint density at radius 1 is 0.857 bits per heavy atom. The van der Waals surface area contributed by atoms with Crippen molar-refractivity contribution >= 4 is 34.8 Å². The standard InChI is InChI=1S/C35H45Cl3N4/c1-4-35(21-26-17-24(2)18-27(19-26)22-35)23-41-15-13-40(14-16-41)12-11-32-25(3)34(28-5-7-29(36)8-6-28)42(39-32)33-10-9-30(37)20-31(33)38/h5-10,20,24,26-27H,4,11-19,21-23H2,1-3H3. The van der Waals surface area contributed by atoms with Gasteiger partial charge < -0.3 is 9.80 Å². The average Bonchev–Trinajstić information content (AvgIpc) is 3.28. The van der Waals surface area contributed by atoms with Gasteiger partial charge in [-0.15, -0.1) is 0 Å². The topological polar surface area (TPSA) is 24.3 Å². The van der Waals surface area contributed by atoms with Gasteiger partial charge in [-0.25, -0.2) is 4.68 Å². The molecule has 0 spiro atoms. The number of piperazine rings is 1. The van der Waals surface area contributed by atoms with Gasteiger partial charge in [0.05, 0.1) is 22.1 Å². The summed E-state index contributed by atoms with van der Waals surface area (Å²) >= 11 is 19.1. The minimum atomic E-state index is 0.543. The maximum absolute atomic E-state index is 6.67. The molecule has 2 bridgehead atoms. The Balaban J connectivity index is 1.12. The Hall–Kier alpha value is -1.56. The zero-order valence-electron chi connectivity index (χ0n) is 25.4. The summed E-state index contributed by atoms with van der Waals surface area (Å²) in [6, 6.07) is 13.6. The normalized spacial score (nSPS) is 27.0. The third-order valence-corrected chi connectivity index (χ3v) is 11.3. The average molecular weight is 628 g/mol. The predicted molar refractivity (Wildman–Crippen MR) is 177 cm³/mol. The number of halogens is 3. The molecule has 226 valence electrons. The minimum Gasteiger partial charge on any atom is -0.300 e. The maximum atomic E-state index is 6.67. The number of hydrogen-bond acceptors (Lipinski definition) is 3. The first-order valence-corrected chi connectivity index (χ1v) is 17.1. The van der Waals surface area contributed by atoms with Crippen LogP contribution in [0.2, 0.25) is 15.1 Å². The molecule has 2 atom stereocenters. The first-order chi connectivity index (χ1) is 20.2. The molecule has 2 saturated carbocycles. The summed E-state index contributed by atoms with van der Waals surface area (Å²) in [7, 11) is 0. The molecule has 2 aromatic carbocycles. The van der Waals surface area contributed by atoms with Crippen molar-refractivity contribution in [1.29, 1.82) is 0 Å². The van der Waals surface area contributed by atoms with Crippen molar-refractivity contribution in [3.63, 3.8) is 0 Å². The van der Waals surface area contributed by atoms with Crippen molar-refractivity contribution in [2.24, 2.45) is 23.2 Å². The van der Waals surface area contributed by atoms with E-state index in [1.54, 1.807) is 6.07 Å². The number of benzene rings is 2. The zero-order valence-corrected chi connectivity index (χ0v) is 27.7. The molecule has 7 heteroatoms. The summed E-state index contributed by atoms with van der Waals surface area (Å²) < 4.78 is 1.98. The van der Waals surface area contributed by atoms with Crippen LogP contribution in [0.5, 0.6) is 0 Å². The van der Waals surface area contributed by atoms with Gasteiger partial charge in [-0.1, -0.05) is 60.8 Å². The van der Waals surface area contributed by atoms with Gasteiger partial charge in [0, 0.05) is 61.3 Å². The third-order valence-electron chi connectivity index (χ3n) is 10.5. The van der Waals surface area contributed by atoms with Crippen molar-refractivity contribution in [3.05, 3.63) is 68.8 Å². The van der Waals surface area contributed by atoms with Crippen molar-refractivity contribution in [3.8, 4) is 16.9 Å². The molecule has 3 aromatic rings. The molecule has 2 heterocycles. The van der Waals surface area contributed by atoms with Gasteiger partial charge in [0.1, 0.15) is 0 Å². The molecule has 4 nitrogen and oxygen atoms in total. The molecule has 0 amide bonds. The van der Waals surface area contributed by atoms with E-state index in [9.17, 15) is 0 Å².